The summed E-state index contributed by atoms with van der Waals surface area (Å²) in [5, 5.41) is 3.30. The van der Waals surface area contributed by atoms with Crippen LogP contribution in [0.3, 0.4) is 0 Å². The highest BCUT2D eigenvalue weighted by molar-refractivity contribution is 5.18. The molecule has 0 spiro atoms. The molecule has 0 amide bonds. The first-order valence-electron chi connectivity index (χ1n) is 7.27. The van der Waals surface area contributed by atoms with Gasteiger partial charge in [0.25, 0.3) is 0 Å². The Morgan fingerprint density at radius 1 is 1.25 bits per heavy atom. The highest BCUT2D eigenvalue weighted by atomic mass is 19.1. The van der Waals surface area contributed by atoms with E-state index in [2.05, 4.69) is 18.3 Å². The molecule has 2 nitrogen and oxygen atoms in total. The van der Waals surface area contributed by atoms with Gasteiger partial charge in [-0.2, -0.15) is 0 Å². The van der Waals surface area contributed by atoms with Crippen molar-refractivity contribution in [3.05, 3.63) is 59.3 Å². The van der Waals surface area contributed by atoms with Gasteiger partial charge in [0, 0.05) is 5.92 Å². The minimum atomic E-state index is -0.127. The summed E-state index contributed by atoms with van der Waals surface area (Å²) in [6.07, 6.45) is 1.94. The van der Waals surface area contributed by atoms with Gasteiger partial charge in [0.2, 0.25) is 0 Å². The van der Waals surface area contributed by atoms with Crippen molar-refractivity contribution in [3.8, 4) is 0 Å². The lowest BCUT2D eigenvalue weighted by atomic mass is 10.1. The van der Waals surface area contributed by atoms with Crippen LogP contribution in [0.5, 0.6) is 0 Å². The van der Waals surface area contributed by atoms with Crippen LogP contribution in [0.25, 0.3) is 0 Å². The molecule has 1 aliphatic carbocycles. The molecule has 2 atom stereocenters. The van der Waals surface area contributed by atoms with Gasteiger partial charge in [-0.15, -0.1) is 0 Å². The summed E-state index contributed by atoms with van der Waals surface area (Å²) in [4.78, 5) is 0. The molecule has 3 rings (SSSR count). The topological polar surface area (TPSA) is 25.2 Å². The monoisotopic (exact) mass is 273 g/mol. The molecule has 1 aromatic carbocycles. The van der Waals surface area contributed by atoms with Gasteiger partial charge >= 0.3 is 0 Å². The van der Waals surface area contributed by atoms with E-state index < -0.39 is 0 Å². The van der Waals surface area contributed by atoms with Crippen LogP contribution in [-0.2, 0) is 13.0 Å². The Bertz CT molecular complexity index is 578. The summed E-state index contributed by atoms with van der Waals surface area (Å²) >= 11 is 0. The smallest absolute Gasteiger partial charge is 0.126 e. The Hall–Kier alpha value is -1.61. The molecule has 2 unspecified atom stereocenters. The fourth-order valence-corrected chi connectivity index (χ4v) is 2.54. The SMILES string of the molecule is CC1CC1c1ccc(CNCCc2ccccc2F)o1. The second kappa shape index (κ2) is 5.80. The van der Waals surface area contributed by atoms with Crippen LogP contribution in [0.4, 0.5) is 4.39 Å². The van der Waals surface area contributed by atoms with Crippen LogP contribution in [-0.4, -0.2) is 6.54 Å². The molecule has 1 saturated carbocycles. The number of halogens is 1. The van der Waals surface area contributed by atoms with Crippen molar-refractivity contribution in [1.82, 2.24) is 5.32 Å². The molecule has 0 bridgehead atoms. The number of nitrogens with one attached hydrogen (secondary N) is 1. The van der Waals surface area contributed by atoms with Crippen LogP contribution < -0.4 is 5.32 Å². The second-order valence-electron chi connectivity index (χ2n) is 5.64. The zero-order chi connectivity index (χ0) is 13.9. The van der Waals surface area contributed by atoms with E-state index in [1.54, 1.807) is 6.07 Å². The summed E-state index contributed by atoms with van der Waals surface area (Å²) in [7, 11) is 0. The quantitative estimate of drug-likeness (QED) is 0.808. The Labute approximate surface area is 119 Å². The molecule has 1 heterocycles. The van der Waals surface area contributed by atoms with E-state index in [-0.39, 0.29) is 5.82 Å². The van der Waals surface area contributed by atoms with Gasteiger partial charge in [0.1, 0.15) is 17.3 Å². The number of benzene rings is 1. The van der Waals surface area contributed by atoms with Crippen molar-refractivity contribution in [2.45, 2.75) is 32.2 Å². The van der Waals surface area contributed by atoms with Gasteiger partial charge < -0.3 is 9.73 Å². The van der Waals surface area contributed by atoms with Gasteiger partial charge in [0.15, 0.2) is 0 Å². The van der Waals surface area contributed by atoms with Gasteiger partial charge in [-0.05, 0) is 49.1 Å². The lowest BCUT2D eigenvalue weighted by Crippen LogP contribution is -2.16. The van der Waals surface area contributed by atoms with Crippen molar-refractivity contribution >= 4 is 0 Å². The first-order chi connectivity index (χ1) is 9.74. The molecule has 0 saturated heterocycles. The summed E-state index contributed by atoms with van der Waals surface area (Å²) in [5.74, 6) is 3.35. The van der Waals surface area contributed by atoms with Crippen molar-refractivity contribution in [3.63, 3.8) is 0 Å². The molecule has 106 valence electrons. The second-order valence-corrected chi connectivity index (χ2v) is 5.64. The maximum Gasteiger partial charge on any atom is 0.126 e. The number of furan rings is 1. The van der Waals surface area contributed by atoms with Crippen LogP contribution in [0.2, 0.25) is 0 Å². The molecule has 2 aromatic rings. The van der Waals surface area contributed by atoms with Crippen LogP contribution in [0.1, 0.15) is 36.3 Å². The lowest BCUT2D eigenvalue weighted by molar-refractivity contribution is 0.444. The van der Waals surface area contributed by atoms with E-state index in [0.717, 1.165) is 29.5 Å². The molecule has 1 aliphatic rings. The lowest BCUT2D eigenvalue weighted by Gasteiger charge is -2.04. The largest absolute Gasteiger partial charge is 0.464 e. The molecule has 20 heavy (non-hydrogen) atoms. The fraction of sp³-hybridized carbons (Fsp3) is 0.412. The predicted molar refractivity (Wildman–Crippen MR) is 77.0 cm³/mol. The fourth-order valence-electron chi connectivity index (χ4n) is 2.54. The van der Waals surface area contributed by atoms with Crippen molar-refractivity contribution in [2.24, 2.45) is 5.92 Å². The number of hydrogen-bond acceptors (Lipinski definition) is 2. The van der Waals surface area contributed by atoms with E-state index in [0.29, 0.717) is 18.9 Å². The molecule has 0 aliphatic heterocycles. The highest BCUT2D eigenvalue weighted by Gasteiger charge is 2.36. The standard InChI is InChI=1S/C17H20FNO/c1-12-10-15(12)17-7-6-14(20-17)11-19-9-8-13-4-2-3-5-16(13)18/h2-7,12,15,19H,8-11H2,1H3. The minimum Gasteiger partial charge on any atom is -0.464 e. The average Bonchev–Trinajstić information content (AvgIpc) is 3.00. The minimum absolute atomic E-state index is 0.127. The molecule has 3 heteroatoms. The van der Waals surface area contributed by atoms with Crippen molar-refractivity contribution in [1.29, 1.82) is 0 Å². The van der Waals surface area contributed by atoms with E-state index in [4.69, 9.17) is 4.42 Å². The van der Waals surface area contributed by atoms with E-state index >= 15 is 0 Å². The summed E-state index contributed by atoms with van der Waals surface area (Å²) in [6, 6.07) is 11.0. The first kappa shape index (κ1) is 13.4. The predicted octanol–water partition coefficient (Wildman–Crippen LogP) is 3.87. The van der Waals surface area contributed by atoms with Gasteiger partial charge in [-0.25, -0.2) is 4.39 Å². The molecule has 1 fully saturated rings. The van der Waals surface area contributed by atoms with E-state index in [1.165, 1.54) is 12.5 Å². The Balaban J connectivity index is 1.44. The van der Waals surface area contributed by atoms with Crippen LogP contribution in [0.15, 0.2) is 40.8 Å². The van der Waals surface area contributed by atoms with Gasteiger partial charge in [-0.1, -0.05) is 25.1 Å². The molecular weight excluding hydrogens is 253 g/mol. The highest BCUT2D eigenvalue weighted by Crippen LogP contribution is 2.47. The maximum absolute atomic E-state index is 13.4. The van der Waals surface area contributed by atoms with Crippen LogP contribution >= 0.6 is 0 Å². The van der Waals surface area contributed by atoms with E-state index in [9.17, 15) is 4.39 Å². The first-order valence-corrected chi connectivity index (χ1v) is 7.27. The maximum atomic E-state index is 13.4. The number of hydrogen-bond donors (Lipinski definition) is 1. The Morgan fingerprint density at radius 3 is 2.80 bits per heavy atom. The molecular formula is C17H20FNO. The average molecular weight is 273 g/mol. The van der Waals surface area contributed by atoms with Crippen molar-refractivity contribution < 1.29 is 8.81 Å². The summed E-state index contributed by atoms with van der Waals surface area (Å²) < 4.78 is 19.2. The molecule has 1 N–H and O–H groups in total. The molecule has 0 radical (unpaired) electrons. The van der Waals surface area contributed by atoms with Gasteiger partial charge in [0.05, 0.1) is 6.54 Å². The normalized spacial score (nSPS) is 21.1. The van der Waals surface area contributed by atoms with Crippen LogP contribution in [0, 0.1) is 11.7 Å². The zero-order valence-corrected chi connectivity index (χ0v) is 11.7. The molecule has 1 aromatic heterocycles. The third kappa shape index (κ3) is 3.10. The Morgan fingerprint density at radius 2 is 2.05 bits per heavy atom. The Kier molecular flexibility index (Phi) is 3.88. The van der Waals surface area contributed by atoms with Gasteiger partial charge in [-0.3, -0.25) is 0 Å². The van der Waals surface area contributed by atoms with Crippen molar-refractivity contribution in [2.75, 3.05) is 6.54 Å². The summed E-state index contributed by atoms with van der Waals surface area (Å²) in [6.45, 7) is 3.70. The summed E-state index contributed by atoms with van der Waals surface area (Å²) in [5.41, 5.74) is 0.756. The van der Waals surface area contributed by atoms with E-state index in [1.807, 2.05) is 18.2 Å². The number of rotatable bonds is 6. The zero-order valence-electron chi connectivity index (χ0n) is 11.7. The third-order valence-electron chi connectivity index (χ3n) is 3.99. The third-order valence-corrected chi connectivity index (χ3v) is 3.99.